The molecular weight excluding hydrogens is 704 g/mol. The molecule has 0 saturated carbocycles. The molecular formula is C38H48N4O12. The van der Waals surface area contributed by atoms with Crippen LogP contribution in [0.5, 0.6) is 5.75 Å². The Kier molecular flexibility index (Phi) is 19.0. The zero-order chi connectivity index (χ0) is 40.0. The van der Waals surface area contributed by atoms with Crippen LogP contribution in [-0.2, 0) is 28.8 Å². The molecule has 0 aliphatic carbocycles. The molecule has 0 aliphatic rings. The molecule has 1 heterocycles. The maximum Gasteiger partial charge on any atom is 0.329 e. The van der Waals surface area contributed by atoms with E-state index in [-0.39, 0.29) is 36.1 Å². The molecule has 3 atom stereocenters. The van der Waals surface area contributed by atoms with Crippen LogP contribution < -0.4 is 20.7 Å². The molecule has 54 heavy (non-hydrogen) atoms. The predicted molar refractivity (Wildman–Crippen MR) is 195 cm³/mol. The third-order valence-electron chi connectivity index (χ3n) is 7.80. The summed E-state index contributed by atoms with van der Waals surface area (Å²) in [5, 5.41) is 26.4. The van der Waals surface area contributed by atoms with Gasteiger partial charge in [-0.2, -0.15) is 5.06 Å². The quantitative estimate of drug-likeness (QED) is 0.0441. The van der Waals surface area contributed by atoms with Crippen LogP contribution in [0.4, 0.5) is 0 Å². The van der Waals surface area contributed by atoms with Gasteiger partial charge in [-0.25, -0.2) is 4.79 Å². The van der Waals surface area contributed by atoms with E-state index in [0.29, 0.717) is 31.2 Å². The van der Waals surface area contributed by atoms with E-state index >= 15 is 0 Å². The summed E-state index contributed by atoms with van der Waals surface area (Å²) < 4.78 is 11.3. The van der Waals surface area contributed by atoms with E-state index in [2.05, 4.69) is 16.0 Å². The predicted octanol–water partition coefficient (Wildman–Crippen LogP) is 4.40. The number of hydroxylamine groups is 2. The lowest BCUT2D eigenvalue weighted by Crippen LogP contribution is -2.48. The SMILES string of the molecule is CCCCCC(C(=O)NCNC(=O)c1ccc(-c2ccc(C(=O)NC(CC(=O)O)C(=O)O)c(OCC)c2)o1)[C@@H](CC)N(C=O)OC(C)=O.c1ccccc1. The van der Waals surface area contributed by atoms with Crippen molar-refractivity contribution in [3.8, 4) is 17.1 Å². The summed E-state index contributed by atoms with van der Waals surface area (Å²) in [6.45, 7) is 6.48. The number of carboxylic acids is 2. The number of amides is 4. The first-order valence-electron chi connectivity index (χ1n) is 17.5. The van der Waals surface area contributed by atoms with Crippen molar-refractivity contribution in [1.82, 2.24) is 21.0 Å². The van der Waals surface area contributed by atoms with Crippen molar-refractivity contribution >= 4 is 42.0 Å². The second-order valence-electron chi connectivity index (χ2n) is 11.8. The number of hydrogen-bond acceptors (Lipinski definition) is 10. The highest BCUT2D eigenvalue weighted by Gasteiger charge is 2.33. The minimum Gasteiger partial charge on any atom is -0.493 e. The number of ether oxygens (including phenoxy) is 1. The number of carboxylic acid groups (broad SMARTS) is 2. The highest BCUT2D eigenvalue weighted by atomic mass is 16.7. The second-order valence-corrected chi connectivity index (χ2v) is 11.8. The topological polar surface area (TPSA) is 231 Å². The van der Waals surface area contributed by atoms with Gasteiger partial charge in [0.25, 0.3) is 11.8 Å². The number of unbranched alkanes of at least 4 members (excludes halogenated alkanes) is 2. The van der Waals surface area contributed by atoms with E-state index in [1.54, 1.807) is 13.8 Å². The fourth-order valence-electron chi connectivity index (χ4n) is 5.25. The minimum absolute atomic E-state index is 0.0417. The first-order valence-corrected chi connectivity index (χ1v) is 17.5. The Hall–Kier alpha value is -6.19. The Morgan fingerprint density at radius 1 is 0.889 bits per heavy atom. The zero-order valence-electron chi connectivity index (χ0n) is 30.7. The van der Waals surface area contributed by atoms with Crippen LogP contribution in [0.2, 0.25) is 0 Å². The molecule has 4 amide bonds. The maximum atomic E-state index is 13.2. The van der Waals surface area contributed by atoms with E-state index < -0.39 is 60.1 Å². The van der Waals surface area contributed by atoms with Crippen LogP contribution in [0.1, 0.15) is 87.1 Å². The Morgan fingerprint density at radius 2 is 1.56 bits per heavy atom. The molecule has 0 aliphatic heterocycles. The third kappa shape index (κ3) is 14.4. The Balaban J connectivity index is 0.00000152. The molecule has 292 valence electrons. The third-order valence-corrected chi connectivity index (χ3v) is 7.80. The van der Waals surface area contributed by atoms with Gasteiger partial charge in [0, 0.05) is 12.5 Å². The van der Waals surface area contributed by atoms with Crippen LogP contribution in [0.15, 0.2) is 71.1 Å². The molecule has 0 saturated heterocycles. The van der Waals surface area contributed by atoms with Crippen molar-refractivity contribution in [3.05, 3.63) is 78.1 Å². The molecule has 0 bridgehead atoms. The van der Waals surface area contributed by atoms with Gasteiger partial charge in [0.1, 0.15) is 17.6 Å². The Morgan fingerprint density at radius 3 is 2.09 bits per heavy atom. The summed E-state index contributed by atoms with van der Waals surface area (Å²) in [6, 6.07) is 16.8. The number of rotatable bonds is 21. The number of furan rings is 1. The average Bonchev–Trinajstić information content (AvgIpc) is 3.65. The van der Waals surface area contributed by atoms with Crippen LogP contribution in [0, 0.1) is 5.92 Å². The first-order chi connectivity index (χ1) is 25.9. The van der Waals surface area contributed by atoms with Gasteiger partial charge in [0.15, 0.2) is 5.76 Å². The molecule has 3 aromatic rings. The second kappa shape index (κ2) is 23.4. The molecule has 1 aromatic heterocycles. The average molecular weight is 753 g/mol. The normalized spacial score (nSPS) is 12.0. The van der Waals surface area contributed by atoms with Gasteiger partial charge in [-0.15, -0.1) is 0 Å². The fraction of sp³-hybridized carbons (Fsp3) is 0.395. The molecule has 0 spiro atoms. The van der Waals surface area contributed by atoms with Gasteiger partial charge < -0.3 is 40.2 Å². The summed E-state index contributed by atoms with van der Waals surface area (Å²) in [7, 11) is 0. The van der Waals surface area contributed by atoms with Gasteiger partial charge in [-0.3, -0.25) is 28.8 Å². The van der Waals surface area contributed by atoms with Crippen molar-refractivity contribution in [3.63, 3.8) is 0 Å². The van der Waals surface area contributed by atoms with Gasteiger partial charge in [0.05, 0.1) is 37.2 Å². The number of benzene rings is 2. The van der Waals surface area contributed by atoms with E-state index in [4.69, 9.17) is 19.1 Å². The fourth-order valence-corrected chi connectivity index (χ4v) is 5.25. The van der Waals surface area contributed by atoms with E-state index in [1.165, 1.54) is 30.3 Å². The number of carbonyl (C=O) groups is 7. The van der Waals surface area contributed by atoms with Crippen molar-refractivity contribution < 1.29 is 57.8 Å². The van der Waals surface area contributed by atoms with Gasteiger partial charge >= 0.3 is 17.9 Å². The van der Waals surface area contributed by atoms with E-state index in [9.17, 15) is 38.7 Å². The van der Waals surface area contributed by atoms with Crippen LogP contribution in [0.3, 0.4) is 0 Å². The monoisotopic (exact) mass is 752 g/mol. The molecule has 0 radical (unpaired) electrons. The van der Waals surface area contributed by atoms with Crippen LogP contribution in [-0.4, -0.2) is 82.7 Å². The van der Waals surface area contributed by atoms with Gasteiger partial charge in [-0.05, 0) is 44.0 Å². The lowest BCUT2D eigenvalue weighted by molar-refractivity contribution is -0.202. The Labute approximate surface area is 313 Å². The lowest BCUT2D eigenvalue weighted by Gasteiger charge is -2.31. The summed E-state index contributed by atoms with van der Waals surface area (Å²) in [5.74, 6) is -6.07. The molecule has 16 nitrogen and oxygen atoms in total. The summed E-state index contributed by atoms with van der Waals surface area (Å²) in [5.41, 5.74) is 0.371. The van der Waals surface area contributed by atoms with Crippen molar-refractivity contribution in [2.45, 2.75) is 78.3 Å². The smallest absolute Gasteiger partial charge is 0.329 e. The maximum absolute atomic E-state index is 13.2. The number of carbonyl (C=O) groups excluding carboxylic acids is 5. The van der Waals surface area contributed by atoms with E-state index in [0.717, 1.165) is 24.8 Å². The number of nitrogens with one attached hydrogen (secondary N) is 3. The largest absolute Gasteiger partial charge is 0.493 e. The van der Waals surface area contributed by atoms with E-state index in [1.807, 2.05) is 43.3 Å². The lowest BCUT2D eigenvalue weighted by atomic mass is 9.90. The number of hydrogen-bond donors (Lipinski definition) is 5. The molecule has 3 rings (SSSR count). The number of nitrogens with zero attached hydrogens (tertiary/aromatic N) is 1. The molecule has 16 heteroatoms. The van der Waals surface area contributed by atoms with Gasteiger partial charge in [0.2, 0.25) is 12.3 Å². The number of aliphatic carboxylic acids is 2. The summed E-state index contributed by atoms with van der Waals surface area (Å²) in [4.78, 5) is 89.3. The summed E-state index contributed by atoms with van der Waals surface area (Å²) in [6.07, 6.45) is 2.76. The molecule has 0 fully saturated rings. The van der Waals surface area contributed by atoms with Gasteiger partial charge in [-0.1, -0.05) is 75.6 Å². The first kappa shape index (κ1) is 44.0. The van der Waals surface area contributed by atoms with Crippen molar-refractivity contribution in [2.24, 2.45) is 5.92 Å². The Bertz CT molecular complexity index is 1670. The zero-order valence-corrected chi connectivity index (χ0v) is 30.7. The molecule has 5 N–H and O–H groups in total. The standard InChI is InChI=1S/C32H42N4O12.C6H6/c1-5-8-9-10-21(24(6-2)36(18-37)48-19(4)38)29(41)33-17-34-31(43)26-14-13-25(47-26)20-11-12-22(27(15-20)46-7-3)30(42)35-23(32(44)45)16-28(39)40;1-2-4-6-5-3-1/h11-15,18,21,23-24H,5-10,16-17H2,1-4H3,(H,33,41)(H,34,43)(H,35,42)(H,39,40)(H,44,45);1-6H/t21?,23?,24-;/m1./s1. The van der Waals surface area contributed by atoms with Crippen LogP contribution >= 0.6 is 0 Å². The van der Waals surface area contributed by atoms with Crippen molar-refractivity contribution in [1.29, 1.82) is 0 Å². The van der Waals surface area contributed by atoms with Crippen LogP contribution in [0.25, 0.3) is 11.3 Å². The highest BCUT2D eigenvalue weighted by Crippen LogP contribution is 2.29. The highest BCUT2D eigenvalue weighted by molar-refractivity contribution is 6.00. The van der Waals surface area contributed by atoms with Crippen molar-refractivity contribution in [2.75, 3.05) is 13.3 Å². The summed E-state index contributed by atoms with van der Waals surface area (Å²) >= 11 is 0. The minimum atomic E-state index is -1.66. The molecule has 2 aromatic carbocycles. The molecule has 2 unspecified atom stereocenters.